The first-order valence-corrected chi connectivity index (χ1v) is 10.6. The first kappa shape index (κ1) is 20.8. The first-order valence-electron chi connectivity index (χ1n) is 10.2. The second kappa shape index (κ2) is 8.32. The number of benzene rings is 2. The van der Waals surface area contributed by atoms with E-state index in [1.54, 1.807) is 43.5 Å². The van der Waals surface area contributed by atoms with Crippen molar-refractivity contribution in [3.63, 3.8) is 0 Å². The number of fused-ring (bicyclic) bond motifs is 1. The van der Waals surface area contributed by atoms with E-state index < -0.39 is 11.5 Å². The van der Waals surface area contributed by atoms with E-state index in [0.29, 0.717) is 23.6 Å². The summed E-state index contributed by atoms with van der Waals surface area (Å²) in [5.74, 6) is -0.851. The number of amides is 1. The van der Waals surface area contributed by atoms with Gasteiger partial charge in [-0.3, -0.25) is 9.78 Å². The molecule has 0 saturated heterocycles. The molecule has 0 radical (unpaired) electrons. The van der Waals surface area contributed by atoms with Crippen LogP contribution >= 0.6 is 11.6 Å². The second-order valence-corrected chi connectivity index (χ2v) is 8.59. The number of nitrogens with one attached hydrogen (secondary N) is 1. The van der Waals surface area contributed by atoms with E-state index >= 15 is 0 Å². The molecule has 4 rings (SSSR count). The Morgan fingerprint density at radius 2 is 1.90 bits per heavy atom. The minimum atomic E-state index is -1.07. The van der Waals surface area contributed by atoms with Gasteiger partial charge < -0.3 is 10.4 Å². The van der Waals surface area contributed by atoms with Crippen molar-refractivity contribution < 1.29 is 14.3 Å². The molecule has 1 aliphatic carbocycles. The minimum absolute atomic E-state index is 0.198. The van der Waals surface area contributed by atoms with Crippen molar-refractivity contribution >= 4 is 34.1 Å². The van der Waals surface area contributed by atoms with Gasteiger partial charge in [-0.25, -0.2) is 4.39 Å². The zero-order valence-corrected chi connectivity index (χ0v) is 17.5. The fraction of sp³-hybridized carbons (Fsp3) is 0.333. The predicted molar refractivity (Wildman–Crippen MR) is 117 cm³/mol. The standard InChI is InChI=1S/C24H24ClFN2O2/c1-15(23(29)28-19-5-2-17(25)3-6-19)24(30)11-8-16(9-12-24)20-10-13-27-22-7-4-18(26)14-21(20)22/h2-7,10,13-16,30H,8-9,11-12H2,1H3,(H,28,29)/t15-,16-,24-/m1/s1. The van der Waals surface area contributed by atoms with Crippen molar-refractivity contribution in [1.29, 1.82) is 0 Å². The largest absolute Gasteiger partial charge is 0.389 e. The van der Waals surface area contributed by atoms with E-state index in [2.05, 4.69) is 10.3 Å². The summed E-state index contributed by atoms with van der Waals surface area (Å²) in [6.45, 7) is 1.77. The third-order valence-corrected chi connectivity index (χ3v) is 6.59. The van der Waals surface area contributed by atoms with Crippen molar-refractivity contribution in [3.8, 4) is 0 Å². The van der Waals surface area contributed by atoms with Crippen LogP contribution in [0.15, 0.2) is 54.7 Å². The highest BCUT2D eigenvalue weighted by Gasteiger charge is 2.41. The third kappa shape index (κ3) is 4.18. The molecule has 1 heterocycles. The van der Waals surface area contributed by atoms with Crippen molar-refractivity contribution in [1.82, 2.24) is 4.98 Å². The van der Waals surface area contributed by atoms with Crippen LogP contribution in [0, 0.1) is 11.7 Å². The lowest BCUT2D eigenvalue weighted by Crippen LogP contribution is -2.45. The van der Waals surface area contributed by atoms with Crippen LogP contribution in [0.2, 0.25) is 5.02 Å². The van der Waals surface area contributed by atoms with Gasteiger partial charge in [-0.2, -0.15) is 0 Å². The van der Waals surface area contributed by atoms with Gasteiger partial charge in [0.25, 0.3) is 0 Å². The van der Waals surface area contributed by atoms with Crippen molar-refractivity contribution in [3.05, 3.63) is 71.1 Å². The zero-order chi connectivity index (χ0) is 21.3. The summed E-state index contributed by atoms with van der Waals surface area (Å²) in [7, 11) is 0. The Kier molecular flexibility index (Phi) is 5.76. The molecule has 1 amide bonds. The number of hydrogen-bond donors (Lipinski definition) is 2. The Balaban J connectivity index is 1.46. The maximum atomic E-state index is 13.8. The number of hydrogen-bond acceptors (Lipinski definition) is 3. The highest BCUT2D eigenvalue weighted by molar-refractivity contribution is 6.30. The Morgan fingerprint density at radius 3 is 2.60 bits per heavy atom. The lowest BCUT2D eigenvalue weighted by Gasteiger charge is -2.40. The topological polar surface area (TPSA) is 62.2 Å². The molecule has 0 aliphatic heterocycles. The Labute approximate surface area is 180 Å². The van der Waals surface area contributed by atoms with Crippen LogP contribution in [0.25, 0.3) is 10.9 Å². The fourth-order valence-corrected chi connectivity index (χ4v) is 4.51. The maximum Gasteiger partial charge on any atom is 0.230 e. The van der Waals surface area contributed by atoms with Crippen molar-refractivity contribution in [2.75, 3.05) is 5.32 Å². The molecule has 0 unspecified atom stereocenters. The molecule has 1 fully saturated rings. The maximum absolute atomic E-state index is 13.8. The van der Waals surface area contributed by atoms with Gasteiger partial charge in [0.2, 0.25) is 5.91 Å². The van der Waals surface area contributed by atoms with E-state index in [0.717, 1.165) is 29.3 Å². The normalized spacial score (nSPS) is 22.6. The van der Waals surface area contributed by atoms with Gasteiger partial charge >= 0.3 is 0 Å². The summed E-state index contributed by atoms with van der Waals surface area (Å²) in [4.78, 5) is 17.0. The molecule has 2 N–H and O–H groups in total. The number of aliphatic hydroxyl groups is 1. The predicted octanol–water partition coefficient (Wildman–Crippen LogP) is 5.69. The average molecular weight is 427 g/mol. The number of nitrogens with zero attached hydrogens (tertiary/aromatic N) is 1. The fourth-order valence-electron chi connectivity index (χ4n) is 4.39. The molecule has 1 atom stereocenters. The van der Waals surface area contributed by atoms with Gasteiger partial charge in [-0.05, 0) is 85.7 Å². The van der Waals surface area contributed by atoms with Gasteiger partial charge in [0.1, 0.15) is 5.82 Å². The molecule has 0 bridgehead atoms. The van der Waals surface area contributed by atoms with Crippen LogP contribution in [0.5, 0.6) is 0 Å². The lowest BCUT2D eigenvalue weighted by atomic mass is 9.70. The molecule has 2 aromatic carbocycles. The molecule has 1 saturated carbocycles. The molecule has 1 aliphatic rings. The van der Waals surface area contributed by atoms with E-state index in [1.165, 1.54) is 12.1 Å². The number of carbonyl (C=O) groups excluding carboxylic acids is 1. The Morgan fingerprint density at radius 1 is 1.20 bits per heavy atom. The number of rotatable bonds is 4. The van der Waals surface area contributed by atoms with Gasteiger partial charge in [0.05, 0.1) is 17.0 Å². The van der Waals surface area contributed by atoms with Gasteiger partial charge in [0.15, 0.2) is 0 Å². The molecule has 4 nitrogen and oxygen atoms in total. The van der Waals surface area contributed by atoms with Crippen LogP contribution in [0.3, 0.4) is 0 Å². The van der Waals surface area contributed by atoms with Crippen LogP contribution in [-0.2, 0) is 4.79 Å². The summed E-state index contributed by atoms with van der Waals surface area (Å²) >= 11 is 5.89. The molecule has 156 valence electrons. The van der Waals surface area contributed by atoms with Crippen molar-refractivity contribution in [2.24, 2.45) is 5.92 Å². The number of aromatic nitrogens is 1. The molecule has 30 heavy (non-hydrogen) atoms. The minimum Gasteiger partial charge on any atom is -0.389 e. The van der Waals surface area contributed by atoms with Crippen molar-refractivity contribution in [2.45, 2.75) is 44.1 Å². The number of anilines is 1. The third-order valence-electron chi connectivity index (χ3n) is 6.34. The lowest BCUT2D eigenvalue weighted by molar-refractivity contribution is -0.131. The Bertz CT molecular complexity index is 1060. The van der Waals surface area contributed by atoms with Gasteiger partial charge in [-0.1, -0.05) is 18.5 Å². The second-order valence-electron chi connectivity index (χ2n) is 8.16. The molecule has 1 aromatic heterocycles. The summed E-state index contributed by atoms with van der Waals surface area (Å²) < 4.78 is 13.8. The van der Waals surface area contributed by atoms with E-state index in [9.17, 15) is 14.3 Å². The highest BCUT2D eigenvalue weighted by atomic mass is 35.5. The van der Waals surface area contributed by atoms with Crippen LogP contribution in [-0.4, -0.2) is 21.6 Å². The van der Waals surface area contributed by atoms with Gasteiger partial charge in [-0.15, -0.1) is 0 Å². The van der Waals surface area contributed by atoms with Crippen LogP contribution in [0.1, 0.15) is 44.1 Å². The molecule has 3 aromatic rings. The van der Waals surface area contributed by atoms with E-state index in [-0.39, 0.29) is 17.6 Å². The SMILES string of the molecule is C[C@H](C(=O)Nc1ccc(Cl)cc1)[C@]1(O)CC[C@H](c2ccnc3ccc(F)cc32)CC1. The van der Waals surface area contributed by atoms with E-state index in [4.69, 9.17) is 11.6 Å². The molecule has 0 spiro atoms. The smallest absolute Gasteiger partial charge is 0.230 e. The first-order chi connectivity index (χ1) is 14.4. The van der Waals surface area contributed by atoms with Gasteiger partial charge in [0, 0.05) is 22.3 Å². The highest BCUT2D eigenvalue weighted by Crippen LogP contribution is 2.43. The number of halogens is 2. The Hall–Kier alpha value is -2.50. The molecule has 6 heteroatoms. The summed E-state index contributed by atoms with van der Waals surface area (Å²) in [5, 5.41) is 15.5. The van der Waals surface area contributed by atoms with Crippen LogP contribution in [0.4, 0.5) is 10.1 Å². The summed E-state index contributed by atoms with van der Waals surface area (Å²) in [6.07, 6.45) is 4.21. The monoisotopic (exact) mass is 426 g/mol. The average Bonchev–Trinajstić information content (AvgIpc) is 2.75. The summed E-state index contributed by atoms with van der Waals surface area (Å²) in [5.41, 5.74) is 1.41. The molecular weight excluding hydrogens is 403 g/mol. The summed E-state index contributed by atoms with van der Waals surface area (Å²) in [6, 6.07) is 13.5. The van der Waals surface area contributed by atoms with Crippen LogP contribution < -0.4 is 5.32 Å². The molecular formula is C24H24ClFN2O2. The number of pyridine rings is 1. The van der Waals surface area contributed by atoms with E-state index in [1.807, 2.05) is 6.07 Å². The zero-order valence-electron chi connectivity index (χ0n) is 16.7. The number of carbonyl (C=O) groups is 1. The quantitative estimate of drug-likeness (QED) is 0.563.